The van der Waals surface area contributed by atoms with Crippen LogP contribution < -0.4 is 5.32 Å². The smallest absolute Gasteiger partial charge is 0.0247 e. The minimum Gasteiger partial charge on any atom is -0.311 e. The maximum atomic E-state index is 3.74. The molecule has 2 nitrogen and oxygen atoms in total. The first-order valence-electron chi connectivity index (χ1n) is 7.12. The van der Waals surface area contributed by atoms with Crippen molar-refractivity contribution in [3.63, 3.8) is 0 Å². The Kier molecular flexibility index (Phi) is 3.91. The van der Waals surface area contributed by atoms with Crippen molar-refractivity contribution in [3.05, 3.63) is 0 Å². The lowest BCUT2D eigenvalue weighted by molar-refractivity contribution is 0.0836. The summed E-state index contributed by atoms with van der Waals surface area (Å²) in [5.74, 6) is 1.73. The van der Waals surface area contributed by atoms with Gasteiger partial charge in [-0.1, -0.05) is 34.1 Å². The van der Waals surface area contributed by atoms with Crippen molar-refractivity contribution < 1.29 is 0 Å². The van der Waals surface area contributed by atoms with Crippen molar-refractivity contribution in [1.29, 1.82) is 0 Å². The van der Waals surface area contributed by atoms with Crippen LogP contribution in [-0.2, 0) is 0 Å². The van der Waals surface area contributed by atoms with Crippen molar-refractivity contribution in [3.8, 4) is 0 Å². The topological polar surface area (TPSA) is 15.3 Å². The highest BCUT2D eigenvalue weighted by Crippen LogP contribution is 2.38. The molecule has 4 atom stereocenters. The monoisotopic (exact) mass is 224 g/mol. The molecule has 1 N–H and O–H groups in total. The summed E-state index contributed by atoms with van der Waals surface area (Å²) in [7, 11) is 0. The van der Waals surface area contributed by atoms with Crippen LogP contribution in [0.3, 0.4) is 0 Å². The van der Waals surface area contributed by atoms with E-state index in [1.165, 1.54) is 32.4 Å². The summed E-state index contributed by atoms with van der Waals surface area (Å²) < 4.78 is 0. The van der Waals surface area contributed by atoms with E-state index in [-0.39, 0.29) is 0 Å². The minimum absolute atomic E-state index is 0.743. The fourth-order valence-corrected chi connectivity index (χ4v) is 3.17. The third-order valence-electron chi connectivity index (χ3n) is 4.37. The standard InChI is InChI=1S/C14H28N2/c1-5-6-12-9-16(13-7-11(13)4)14(8-15-12)10(2)3/h10-15H,5-9H2,1-4H3. The van der Waals surface area contributed by atoms with Gasteiger partial charge in [-0.05, 0) is 24.7 Å². The second-order valence-corrected chi connectivity index (χ2v) is 6.18. The zero-order chi connectivity index (χ0) is 11.7. The molecule has 0 aromatic rings. The van der Waals surface area contributed by atoms with E-state index in [9.17, 15) is 0 Å². The van der Waals surface area contributed by atoms with Gasteiger partial charge in [-0.15, -0.1) is 0 Å². The van der Waals surface area contributed by atoms with Crippen LogP contribution in [0.15, 0.2) is 0 Å². The zero-order valence-corrected chi connectivity index (χ0v) is 11.4. The molecule has 0 bridgehead atoms. The van der Waals surface area contributed by atoms with Crippen LogP contribution in [0.1, 0.15) is 47.0 Å². The molecule has 1 saturated heterocycles. The van der Waals surface area contributed by atoms with Gasteiger partial charge in [-0.3, -0.25) is 4.90 Å². The molecule has 0 aromatic heterocycles. The van der Waals surface area contributed by atoms with Gasteiger partial charge in [0.1, 0.15) is 0 Å². The molecule has 2 rings (SSSR count). The largest absolute Gasteiger partial charge is 0.311 e. The number of nitrogens with one attached hydrogen (secondary N) is 1. The highest BCUT2D eigenvalue weighted by Gasteiger charge is 2.43. The van der Waals surface area contributed by atoms with Gasteiger partial charge in [0.25, 0.3) is 0 Å². The number of hydrogen-bond acceptors (Lipinski definition) is 2. The van der Waals surface area contributed by atoms with Crippen molar-refractivity contribution in [2.45, 2.75) is 65.1 Å². The Hall–Kier alpha value is -0.0800. The molecule has 94 valence electrons. The normalized spacial score (nSPS) is 40.3. The quantitative estimate of drug-likeness (QED) is 0.789. The van der Waals surface area contributed by atoms with Gasteiger partial charge in [0.05, 0.1) is 0 Å². The zero-order valence-electron chi connectivity index (χ0n) is 11.4. The summed E-state index contributed by atoms with van der Waals surface area (Å²) in [6, 6.07) is 2.41. The Morgan fingerprint density at radius 2 is 2.06 bits per heavy atom. The SMILES string of the molecule is CCCC1CN(C2CC2C)C(C(C)C)CN1. The average molecular weight is 224 g/mol. The molecule has 0 amide bonds. The van der Waals surface area contributed by atoms with Crippen LogP contribution in [0.25, 0.3) is 0 Å². The van der Waals surface area contributed by atoms with Gasteiger partial charge in [0.2, 0.25) is 0 Å². The third kappa shape index (κ3) is 2.60. The molecule has 1 aliphatic carbocycles. The Morgan fingerprint density at radius 3 is 2.56 bits per heavy atom. The number of hydrogen-bond donors (Lipinski definition) is 1. The van der Waals surface area contributed by atoms with Gasteiger partial charge in [-0.25, -0.2) is 0 Å². The van der Waals surface area contributed by atoms with E-state index in [2.05, 4.69) is 37.9 Å². The molecule has 0 spiro atoms. The molecule has 1 saturated carbocycles. The highest BCUT2D eigenvalue weighted by atomic mass is 15.3. The molecule has 0 aromatic carbocycles. The average Bonchev–Trinajstić information content (AvgIpc) is 2.95. The first-order chi connectivity index (χ1) is 7.63. The molecular weight excluding hydrogens is 196 g/mol. The molecule has 16 heavy (non-hydrogen) atoms. The molecule has 2 aliphatic rings. The Morgan fingerprint density at radius 1 is 1.38 bits per heavy atom. The predicted octanol–water partition coefficient (Wildman–Crippen LogP) is 2.49. The number of rotatable bonds is 4. The maximum absolute atomic E-state index is 3.74. The first kappa shape index (κ1) is 12.4. The van der Waals surface area contributed by atoms with Crippen molar-refractivity contribution in [1.82, 2.24) is 10.2 Å². The van der Waals surface area contributed by atoms with Crippen LogP contribution in [0.2, 0.25) is 0 Å². The van der Waals surface area contributed by atoms with Crippen LogP contribution in [0, 0.1) is 11.8 Å². The fraction of sp³-hybridized carbons (Fsp3) is 1.00. The van der Waals surface area contributed by atoms with E-state index in [1.54, 1.807) is 0 Å². The van der Waals surface area contributed by atoms with Crippen LogP contribution in [0.5, 0.6) is 0 Å². The maximum Gasteiger partial charge on any atom is 0.0247 e. The summed E-state index contributed by atoms with van der Waals surface area (Å²) in [6.45, 7) is 11.9. The van der Waals surface area contributed by atoms with E-state index in [0.717, 1.165) is 30.0 Å². The lowest BCUT2D eigenvalue weighted by Gasteiger charge is -2.43. The molecule has 1 heterocycles. The van der Waals surface area contributed by atoms with Crippen molar-refractivity contribution >= 4 is 0 Å². The van der Waals surface area contributed by atoms with E-state index in [0.29, 0.717) is 0 Å². The molecular formula is C14H28N2. The summed E-state index contributed by atoms with van der Waals surface area (Å²) in [4.78, 5) is 2.81. The fourth-order valence-electron chi connectivity index (χ4n) is 3.17. The van der Waals surface area contributed by atoms with Crippen LogP contribution >= 0.6 is 0 Å². The van der Waals surface area contributed by atoms with Crippen LogP contribution in [0.4, 0.5) is 0 Å². The Labute approximate surface area is 101 Å². The van der Waals surface area contributed by atoms with Gasteiger partial charge >= 0.3 is 0 Å². The summed E-state index contributed by atoms with van der Waals surface area (Å²) >= 11 is 0. The first-order valence-corrected chi connectivity index (χ1v) is 7.12. The highest BCUT2D eigenvalue weighted by molar-refractivity contribution is 4.99. The van der Waals surface area contributed by atoms with Gasteiger partial charge < -0.3 is 5.32 Å². The van der Waals surface area contributed by atoms with Crippen molar-refractivity contribution in [2.24, 2.45) is 11.8 Å². The second-order valence-electron chi connectivity index (χ2n) is 6.18. The number of piperazine rings is 1. The predicted molar refractivity (Wildman–Crippen MR) is 69.6 cm³/mol. The number of nitrogens with zero attached hydrogens (tertiary/aromatic N) is 1. The van der Waals surface area contributed by atoms with Gasteiger partial charge in [0.15, 0.2) is 0 Å². The van der Waals surface area contributed by atoms with Crippen LogP contribution in [-0.4, -0.2) is 36.1 Å². The lowest BCUT2D eigenvalue weighted by Crippen LogP contribution is -2.59. The Balaban J connectivity index is 1.96. The molecule has 2 heteroatoms. The van der Waals surface area contributed by atoms with Gasteiger partial charge in [-0.2, -0.15) is 0 Å². The third-order valence-corrected chi connectivity index (χ3v) is 4.37. The summed E-state index contributed by atoms with van der Waals surface area (Å²) in [6.07, 6.45) is 4.07. The second kappa shape index (κ2) is 5.05. The molecule has 0 radical (unpaired) electrons. The van der Waals surface area contributed by atoms with Gasteiger partial charge in [0, 0.05) is 31.2 Å². The summed E-state index contributed by atoms with van der Waals surface area (Å²) in [5.41, 5.74) is 0. The molecule has 1 aliphatic heterocycles. The minimum atomic E-state index is 0.743. The van der Waals surface area contributed by atoms with E-state index >= 15 is 0 Å². The molecule has 4 unspecified atom stereocenters. The van der Waals surface area contributed by atoms with E-state index in [4.69, 9.17) is 0 Å². The van der Waals surface area contributed by atoms with E-state index < -0.39 is 0 Å². The summed E-state index contributed by atoms with van der Waals surface area (Å²) in [5, 5.41) is 3.74. The Bertz CT molecular complexity index is 227. The lowest BCUT2D eigenvalue weighted by atomic mass is 9.96. The molecule has 2 fully saturated rings. The van der Waals surface area contributed by atoms with Crippen molar-refractivity contribution in [2.75, 3.05) is 13.1 Å². The van der Waals surface area contributed by atoms with E-state index in [1.807, 2.05) is 0 Å².